The zero-order valence-electron chi connectivity index (χ0n) is 18.3. The number of amides is 1. The van der Waals surface area contributed by atoms with Gasteiger partial charge in [-0.15, -0.1) is 0 Å². The van der Waals surface area contributed by atoms with Gasteiger partial charge in [0.1, 0.15) is 0 Å². The number of allylic oxidation sites excluding steroid dienone is 1. The monoisotopic (exact) mass is 581 g/mol. The Bertz CT molecular complexity index is 1040. The molecule has 10 heteroatoms. The van der Waals surface area contributed by atoms with Crippen molar-refractivity contribution in [2.24, 2.45) is 0 Å². The fourth-order valence-electron chi connectivity index (χ4n) is 4.17. The molecule has 6 nitrogen and oxygen atoms in total. The summed E-state index contributed by atoms with van der Waals surface area (Å²) in [5.41, 5.74) is 3.72. The van der Waals surface area contributed by atoms with E-state index in [4.69, 9.17) is 4.74 Å². The van der Waals surface area contributed by atoms with E-state index in [1.165, 1.54) is 23.1 Å². The van der Waals surface area contributed by atoms with Gasteiger partial charge in [0.25, 0.3) is 5.91 Å². The molecule has 2 aromatic rings. The average molecular weight is 581 g/mol. The Morgan fingerprint density at radius 1 is 1.34 bits per heavy atom. The van der Waals surface area contributed by atoms with Gasteiger partial charge in [-0.1, -0.05) is 30.1 Å². The average Bonchev–Trinajstić information content (AvgIpc) is 3.56. The van der Waals surface area contributed by atoms with Crippen molar-refractivity contribution in [1.29, 1.82) is 0 Å². The number of aromatic hydroxyl groups is 1. The number of nitrogens with zero attached hydrogens (tertiary/aromatic N) is 2. The molecule has 0 bridgehead atoms. The number of methoxy groups -OCH3 is 1. The molecule has 0 radical (unpaired) electrons. The second-order valence-corrected chi connectivity index (χ2v) is 11.9. The summed E-state index contributed by atoms with van der Waals surface area (Å²) in [7, 11) is 5.58. The fraction of sp³-hybridized carbons (Fsp3) is 0.318. The van der Waals surface area contributed by atoms with Gasteiger partial charge in [0.05, 0.1) is 18.4 Å². The van der Waals surface area contributed by atoms with Gasteiger partial charge in [-0.3, -0.25) is 4.79 Å². The Balaban J connectivity index is 1.59. The van der Waals surface area contributed by atoms with Gasteiger partial charge < -0.3 is 20.1 Å². The van der Waals surface area contributed by atoms with Gasteiger partial charge in [0, 0.05) is 38.0 Å². The third-order valence-electron chi connectivity index (χ3n) is 5.98. The first-order valence-corrected chi connectivity index (χ1v) is 15.2. The molecule has 4 rings (SSSR count). The molecule has 0 aromatic heterocycles. The first-order valence-electron chi connectivity index (χ1n) is 10.4. The third-order valence-corrected chi connectivity index (χ3v) is 10.7. The summed E-state index contributed by atoms with van der Waals surface area (Å²) >= 11 is 4.13. The van der Waals surface area contributed by atoms with Crippen molar-refractivity contribution < 1.29 is 14.6 Å². The lowest BCUT2D eigenvalue weighted by atomic mass is 9.62. The maximum atomic E-state index is 13.0. The standard InChI is InChI=1S/C22H26BIN3O3PS/c1-26-18-11-19(28)20(30-3)10-17(18)22(29)25-9-8-15(12-23-13-21(23)26)14-4-6-16(7-5-14)32-27(2)31-24/h4-8,10-11,21,28,31H,9,12-13H2,1-3H3,(H,25,29)/b15-8+. The first-order chi connectivity index (χ1) is 15.4. The molecule has 32 heavy (non-hydrogen) atoms. The Hall–Kier alpha value is -1.42. The molecule has 2 aliphatic rings. The second-order valence-electron chi connectivity index (χ2n) is 8.06. The van der Waals surface area contributed by atoms with E-state index in [0.29, 0.717) is 30.5 Å². The van der Waals surface area contributed by atoms with Crippen LogP contribution in [0.4, 0.5) is 5.69 Å². The van der Waals surface area contributed by atoms with Crippen LogP contribution in [0.15, 0.2) is 47.4 Å². The van der Waals surface area contributed by atoms with Gasteiger partial charge in [0.15, 0.2) is 18.2 Å². The van der Waals surface area contributed by atoms with Crippen LogP contribution in [0, 0.1) is 0 Å². The van der Waals surface area contributed by atoms with Crippen LogP contribution < -0.4 is 15.0 Å². The van der Waals surface area contributed by atoms with Crippen LogP contribution in [0.5, 0.6) is 11.5 Å². The highest BCUT2D eigenvalue weighted by Gasteiger charge is 2.45. The third kappa shape index (κ3) is 5.21. The van der Waals surface area contributed by atoms with E-state index in [9.17, 15) is 9.90 Å². The van der Waals surface area contributed by atoms with Crippen LogP contribution in [0.3, 0.4) is 0 Å². The van der Waals surface area contributed by atoms with Crippen LogP contribution in [-0.2, 0) is 0 Å². The predicted octanol–water partition coefficient (Wildman–Crippen LogP) is 4.96. The summed E-state index contributed by atoms with van der Waals surface area (Å²) in [6.45, 7) is 0.963. The SMILES string of the molecule is COc1cc2c(cc1O)N(C)C1CB1C/C(c1ccc(SN(C)PI)cc1)=C\CNC2=O. The van der Waals surface area contributed by atoms with Crippen molar-refractivity contribution in [3.8, 4) is 11.5 Å². The normalized spacial score (nSPS) is 20.3. The molecule has 2 aromatic carbocycles. The molecule has 1 saturated heterocycles. The van der Waals surface area contributed by atoms with Crippen LogP contribution in [0.1, 0.15) is 15.9 Å². The van der Waals surface area contributed by atoms with Crippen molar-refractivity contribution in [2.75, 3.05) is 32.6 Å². The molecule has 2 unspecified atom stereocenters. The zero-order chi connectivity index (χ0) is 22.8. The van der Waals surface area contributed by atoms with Crippen LogP contribution in [0.2, 0.25) is 12.6 Å². The van der Waals surface area contributed by atoms with Gasteiger partial charge in [-0.2, -0.15) is 0 Å². The summed E-state index contributed by atoms with van der Waals surface area (Å²) in [5.74, 6) is 0.513. The van der Waals surface area contributed by atoms with Gasteiger partial charge in [0.2, 0.25) is 0 Å². The lowest BCUT2D eigenvalue weighted by molar-refractivity contribution is 0.0958. The lowest BCUT2D eigenvalue weighted by Crippen LogP contribution is -2.29. The zero-order valence-corrected chi connectivity index (χ0v) is 22.2. The van der Waals surface area contributed by atoms with E-state index in [-0.39, 0.29) is 11.7 Å². The van der Waals surface area contributed by atoms with E-state index < -0.39 is 0 Å². The Morgan fingerprint density at radius 2 is 2.09 bits per heavy atom. The highest BCUT2D eigenvalue weighted by atomic mass is 127. The molecule has 0 aliphatic carbocycles. The fourth-order valence-corrected chi connectivity index (χ4v) is 6.08. The van der Waals surface area contributed by atoms with Crippen LogP contribution in [0.25, 0.3) is 5.57 Å². The Labute approximate surface area is 208 Å². The van der Waals surface area contributed by atoms with Gasteiger partial charge in [-0.25, -0.2) is 4.08 Å². The first kappa shape index (κ1) is 23.7. The van der Waals surface area contributed by atoms with Gasteiger partial charge >= 0.3 is 0 Å². The largest absolute Gasteiger partial charge is 0.504 e. The minimum atomic E-state index is -0.172. The molecular weight excluding hydrogens is 555 g/mol. The van der Waals surface area contributed by atoms with E-state index in [2.05, 4.69) is 73.7 Å². The number of carbonyl (C=O) groups is 1. The molecule has 168 valence electrons. The predicted molar refractivity (Wildman–Crippen MR) is 145 cm³/mol. The number of ether oxygens (including phenoxy) is 1. The molecule has 2 heterocycles. The van der Waals surface area contributed by atoms with Crippen molar-refractivity contribution in [3.63, 3.8) is 0 Å². The van der Waals surface area contributed by atoms with Crippen molar-refractivity contribution in [3.05, 3.63) is 53.6 Å². The highest BCUT2D eigenvalue weighted by Crippen LogP contribution is 2.42. The van der Waals surface area contributed by atoms with Crippen LogP contribution in [-0.4, -0.2) is 55.5 Å². The number of rotatable bonds is 5. The molecule has 1 amide bonds. The van der Waals surface area contributed by atoms with E-state index in [1.54, 1.807) is 24.1 Å². The number of phenolic OH excluding ortho intramolecular Hbond substituents is 1. The van der Waals surface area contributed by atoms with E-state index >= 15 is 0 Å². The number of phenols is 1. The number of benzene rings is 2. The number of nitrogens with one attached hydrogen (secondary N) is 1. The minimum absolute atomic E-state index is 0.0449. The molecule has 2 atom stereocenters. The lowest BCUT2D eigenvalue weighted by Gasteiger charge is -2.24. The maximum absolute atomic E-state index is 13.0. The van der Waals surface area contributed by atoms with E-state index in [0.717, 1.165) is 24.7 Å². The van der Waals surface area contributed by atoms with Crippen LogP contribution >= 0.6 is 40.4 Å². The number of halogens is 1. The summed E-state index contributed by atoms with van der Waals surface area (Å²) in [6, 6.07) is 12.0. The maximum Gasteiger partial charge on any atom is 0.253 e. The summed E-state index contributed by atoms with van der Waals surface area (Å²) in [6.07, 6.45) is 4.89. The molecule has 2 N–H and O–H groups in total. The molecule has 1 fully saturated rings. The summed E-state index contributed by atoms with van der Waals surface area (Å²) < 4.78 is 7.45. The van der Waals surface area contributed by atoms with Gasteiger partial charge in [-0.05, 0) is 70.0 Å². The Kier molecular flexibility index (Phi) is 7.60. The van der Waals surface area contributed by atoms with Crippen molar-refractivity contribution in [2.45, 2.75) is 23.5 Å². The molecule has 0 saturated carbocycles. The molecular formula is C22H26BIN3O3PS. The number of fused-ring (bicyclic) bond motifs is 2. The summed E-state index contributed by atoms with van der Waals surface area (Å²) in [5, 5.41) is 13.3. The minimum Gasteiger partial charge on any atom is -0.504 e. The van der Waals surface area contributed by atoms with E-state index in [1.807, 2.05) is 7.05 Å². The topological polar surface area (TPSA) is 65.0 Å². The van der Waals surface area contributed by atoms with Crippen molar-refractivity contribution >= 4 is 64.2 Å². The quantitative estimate of drug-likeness (QED) is 0.225. The highest BCUT2D eigenvalue weighted by molar-refractivity contribution is 14.2. The molecule has 2 aliphatic heterocycles. The smallest absolute Gasteiger partial charge is 0.253 e. The number of hydrogen-bond acceptors (Lipinski definition) is 6. The molecule has 0 spiro atoms. The second kappa shape index (κ2) is 10.2. The summed E-state index contributed by atoms with van der Waals surface area (Å²) in [4.78, 5) is 16.3. The van der Waals surface area contributed by atoms with Crippen molar-refractivity contribution in [1.82, 2.24) is 9.39 Å². The number of anilines is 1. The Morgan fingerprint density at radius 3 is 2.78 bits per heavy atom. The number of hydrogen-bond donors (Lipinski definition) is 2. The number of carbonyl (C=O) groups excluding carboxylic acids is 1.